The van der Waals surface area contributed by atoms with Crippen molar-refractivity contribution in [2.24, 2.45) is 5.92 Å². The van der Waals surface area contributed by atoms with Crippen molar-refractivity contribution in [2.45, 2.75) is 53.5 Å². The normalized spacial score (nSPS) is 11.2. The Morgan fingerprint density at radius 3 is 2.40 bits per heavy atom. The smallest absolute Gasteiger partial charge is 0.224 e. The molecule has 114 valence electrons. The van der Waals surface area contributed by atoms with Crippen molar-refractivity contribution in [3.05, 3.63) is 12.0 Å². The quantitative estimate of drug-likeness (QED) is 0.789. The number of hydrogen-bond donors (Lipinski definition) is 1. The Bertz CT molecular complexity index is 405. The largest absolute Gasteiger partial charge is 0.354 e. The fraction of sp³-hybridized carbons (Fsp3) is 0.733. The van der Waals surface area contributed by atoms with Crippen LogP contribution in [0.3, 0.4) is 0 Å². The lowest BCUT2D eigenvalue weighted by atomic mass is 10.1. The van der Waals surface area contributed by atoms with Crippen molar-refractivity contribution in [2.75, 3.05) is 23.3 Å². The first-order chi connectivity index (χ1) is 9.53. The molecule has 1 N–H and O–H groups in total. The minimum atomic E-state index is -0.348. The summed E-state index contributed by atoms with van der Waals surface area (Å²) >= 11 is 0. The highest BCUT2D eigenvalue weighted by Gasteiger charge is 2.22. The topological polar surface area (TPSA) is 41.1 Å². The first-order valence-corrected chi connectivity index (χ1v) is 7.56. The summed E-state index contributed by atoms with van der Waals surface area (Å²) in [4.78, 5) is 10.4. The highest BCUT2D eigenvalue weighted by atomic mass is 19.1. The molecule has 20 heavy (non-hydrogen) atoms. The lowest BCUT2D eigenvalue weighted by molar-refractivity contribution is 0.489. The molecule has 1 rings (SSSR count). The van der Waals surface area contributed by atoms with Gasteiger partial charge in [0.2, 0.25) is 5.95 Å². The molecule has 0 spiro atoms. The maximum atomic E-state index is 14.1. The van der Waals surface area contributed by atoms with E-state index in [1.807, 2.05) is 6.92 Å². The van der Waals surface area contributed by atoms with Gasteiger partial charge in [0.1, 0.15) is 0 Å². The van der Waals surface area contributed by atoms with Gasteiger partial charge in [-0.1, -0.05) is 27.7 Å². The molecule has 0 aliphatic heterocycles. The number of anilines is 2. The van der Waals surface area contributed by atoms with Crippen LogP contribution in [0.15, 0.2) is 6.20 Å². The molecule has 1 aromatic heterocycles. The summed E-state index contributed by atoms with van der Waals surface area (Å²) in [5.41, 5.74) is 0. The molecule has 0 saturated carbocycles. The van der Waals surface area contributed by atoms with Gasteiger partial charge < -0.3 is 10.2 Å². The van der Waals surface area contributed by atoms with E-state index in [0.717, 1.165) is 25.9 Å². The van der Waals surface area contributed by atoms with Crippen LogP contribution in [0.5, 0.6) is 0 Å². The van der Waals surface area contributed by atoms with Crippen LogP contribution in [0.1, 0.15) is 47.5 Å². The summed E-state index contributed by atoms with van der Waals surface area (Å²) in [6.45, 7) is 12.0. The molecule has 0 saturated heterocycles. The molecule has 0 unspecified atom stereocenters. The minimum absolute atomic E-state index is 0.302. The summed E-state index contributed by atoms with van der Waals surface area (Å²) in [6, 6.07) is 0.302. The zero-order chi connectivity index (χ0) is 15.1. The molecule has 0 amide bonds. The second kappa shape index (κ2) is 8.02. The van der Waals surface area contributed by atoms with E-state index in [9.17, 15) is 4.39 Å². The highest BCUT2D eigenvalue weighted by molar-refractivity contribution is 5.45. The molecular formula is C15H27FN4. The van der Waals surface area contributed by atoms with Gasteiger partial charge in [-0.15, -0.1) is 0 Å². The maximum Gasteiger partial charge on any atom is 0.224 e. The van der Waals surface area contributed by atoms with E-state index in [2.05, 4.69) is 47.9 Å². The average Bonchev–Trinajstić information content (AvgIpc) is 2.41. The van der Waals surface area contributed by atoms with Gasteiger partial charge in [0.25, 0.3) is 0 Å². The third kappa shape index (κ3) is 4.32. The molecule has 1 aromatic rings. The van der Waals surface area contributed by atoms with Crippen LogP contribution in [0, 0.1) is 11.7 Å². The van der Waals surface area contributed by atoms with E-state index in [-0.39, 0.29) is 5.82 Å². The fourth-order valence-corrected chi connectivity index (χ4v) is 2.33. The Morgan fingerprint density at radius 1 is 1.25 bits per heavy atom. The molecule has 0 aliphatic rings. The predicted octanol–water partition coefficient (Wildman–Crippen LogP) is 3.70. The number of nitrogens with one attached hydrogen (secondary N) is 1. The molecule has 0 radical (unpaired) electrons. The second-order valence-electron chi connectivity index (χ2n) is 5.41. The van der Waals surface area contributed by atoms with Crippen molar-refractivity contribution in [3.8, 4) is 0 Å². The second-order valence-corrected chi connectivity index (χ2v) is 5.41. The van der Waals surface area contributed by atoms with E-state index < -0.39 is 0 Å². The number of hydrogen-bond acceptors (Lipinski definition) is 4. The predicted molar refractivity (Wildman–Crippen MR) is 82.7 cm³/mol. The zero-order valence-electron chi connectivity index (χ0n) is 13.3. The van der Waals surface area contributed by atoms with Gasteiger partial charge in [0.05, 0.1) is 6.20 Å². The van der Waals surface area contributed by atoms with E-state index >= 15 is 0 Å². The van der Waals surface area contributed by atoms with Crippen molar-refractivity contribution in [1.82, 2.24) is 9.97 Å². The van der Waals surface area contributed by atoms with Crippen LogP contribution in [0.2, 0.25) is 0 Å². The number of rotatable bonds is 8. The van der Waals surface area contributed by atoms with Gasteiger partial charge in [-0.25, -0.2) is 9.37 Å². The van der Waals surface area contributed by atoms with Crippen molar-refractivity contribution in [3.63, 3.8) is 0 Å². The van der Waals surface area contributed by atoms with Crippen molar-refractivity contribution < 1.29 is 4.39 Å². The lowest BCUT2D eigenvalue weighted by Gasteiger charge is -2.33. The van der Waals surface area contributed by atoms with Gasteiger partial charge in [0.15, 0.2) is 11.6 Å². The van der Waals surface area contributed by atoms with Gasteiger partial charge in [-0.2, -0.15) is 4.98 Å². The van der Waals surface area contributed by atoms with Crippen molar-refractivity contribution >= 4 is 11.8 Å². The Hall–Kier alpha value is -1.39. The third-order valence-corrected chi connectivity index (χ3v) is 3.28. The minimum Gasteiger partial charge on any atom is -0.354 e. The molecule has 0 fully saturated rings. The van der Waals surface area contributed by atoms with Crippen molar-refractivity contribution in [1.29, 1.82) is 0 Å². The summed E-state index contributed by atoms with van der Waals surface area (Å²) in [6.07, 6.45) is 3.21. The van der Waals surface area contributed by atoms with Gasteiger partial charge in [-0.05, 0) is 25.7 Å². The zero-order valence-corrected chi connectivity index (χ0v) is 13.3. The summed E-state index contributed by atoms with van der Waals surface area (Å²) < 4.78 is 14.1. The maximum absolute atomic E-state index is 14.1. The fourth-order valence-electron chi connectivity index (χ4n) is 2.33. The Balaban J connectivity index is 3.13. The molecule has 1 heterocycles. The average molecular weight is 282 g/mol. The Labute approximate surface area is 121 Å². The van der Waals surface area contributed by atoms with E-state index in [1.54, 1.807) is 0 Å². The standard InChI is InChI=1S/C15H27FN4/c1-6-12(7-2)20(10-11(4)5)14-13(16)9-18-15(19-14)17-8-3/h9,11-12H,6-8,10H2,1-5H3,(H,17,18,19). The Morgan fingerprint density at radius 2 is 1.90 bits per heavy atom. The molecule has 4 nitrogen and oxygen atoms in total. The number of aromatic nitrogens is 2. The molecule has 5 heteroatoms. The van der Waals surface area contributed by atoms with Crippen LogP contribution in [0.25, 0.3) is 0 Å². The monoisotopic (exact) mass is 282 g/mol. The van der Waals surface area contributed by atoms with Crippen LogP contribution in [-0.2, 0) is 0 Å². The SMILES string of the molecule is CCNc1ncc(F)c(N(CC(C)C)C(CC)CC)n1. The molecule has 0 aromatic carbocycles. The Kier molecular flexibility index (Phi) is 6.68. The van der Waals surface area contributed by atoms with Gasteiger partial charge >= 0.3 is 0 Å². The lowest BCUT2D eigenvalue weighted by Crippen LogP contribution is -2.38. The summed E-state index contributed by atoms with van der Waals surface area (Å²) in [7, 11) is 0. The first-order valence-electron chi connectivity index (χ1n) is 7.56. The van der Waals surface area contributed by atoms with E-state index in [1.165, 1.54) is 6.20 Å². The molecule has 0 atom stereocenters. The number of nitrogens with zero attached hydrogens (tertiary/aromatic N) is 3. The van der Waals surface area contributed by atoms with Crippen LogP contribution >= 0.6 is 0 Å². The van der Waals surface area contributed by atoms with Crippen LogP contribution in [0.4, 0.5) is 16.2 Å². The summed E-state index contributed by atoms with van der Waals surface area (Å²) in [5.74, 6) is 1.01. The van der Waals surface area contributed by atoms with Crippen LogP contribution < -0.4 is 10.2 Å². The first kappa shape index (κ1) is 16.7. The van der Waals surface area contributed by atoms with E-state index in [4.69, 9.17) is 0 Å². The van der Waals surface area contributed by atoms with Gasteiger partial charge in [0, 0.05) is 19.1 Å². The van der Waals surface area contributed by atoms with Gasteiger partial charge in [-0.3, -0.25) is 0 Å². The van der Waals surface area contributed by atoms with E-state index in [0.29, 0.717) is 23.7 Å². The highest BCUT2D eigenvalue weighted by Crippen LogP contribution is 2.23. The third-order valence-electron chi connectivity index (χ3n) is 3.28. The molecule has 0 aliphatic carbocycles. The summed E-state index contributed by atoms with van der Waals surface area (Å²) in [5, 5.41) is 3.04. The molecular weight excluding hydrogens is 255 g/mol. The number of halogens is 1. The van der Waals surface area contributed by atoms with Crippen LogP contribution in [-0.4, -0.2) is 29.1 Å². The molecule has 0 bridgehead atoms.